The van der Waals surface area contributed by atoms with Crippen molar-refractivity contribution in [3.8, 4) is 11.5 Å². The predicted molar refractivity (Wildman–Crippen MR) is 100 cm³/mol. The van der Waals surface area contributed by atoms with Crippen molar-refractivity contribution in [1.82, 2.24) is 0 Å². The Kier molecular flexibility index (Phi) is 4.97. The summed E-state index contributed by atoms with van der Waals surface area (Å²) in [7, 11) is -1.63. The first-order valence-electron chi connectivity index (χ1n) is 8.93. The van der Waals surface area contributed by atoms with E-state index in [1.54, 1.807) is 12.1 Å². The zero-order chi connectivity index (χ0) is 19.0. The van der Waals surface area contributed by atoms with E-state index in [0.29, 0.717) is 30.9 Å². The minimum atomic E-state index is -1.63. The van der Waals surface area contributed by atoms with Crippen LogP contribution < -0.4 is 0 Å². The molecule has 0 amide bonds. The number of fused-ring (bicyclic) bond motifs is 3. The van der Waals surface area contributed by atoms with E-state index in [4.69, 9.17) is 14.2 Å². The SMILES string of the molecule is CCCC12COC(c3ccc(C#C[Si](C)(C)C)c([N+](=O)[O-])c3)(OC1)OC2. The van der Waals surface area contributed by atoms with Crippen LogP contribution in [0.15, 0.2) is 18.2 Å². The Morgan fingerprint density at radius 2 is 1.81 bits per heavy atom. The molecule has 0 spiro atoms. The van der Waals surface area contributed by atoms with Gasteiger partial charge < -0.3 is 14.2 Å². The second-order valence-electron chi connectivity index (χ2n) is 8.16. The summed E-state index contributed by atoms with van der Waals surface area (Å²) in [4.78, 5) is 11.1. The third kappa shape index (κ3) is 3.69. The Bertz CT molecular complexity index is 750. The summed E-state index contributed by atoms with van der Waals surface area (Å²) in [6.45, 7) is 10.0. The van der Waals surface area contributed by atoms with E-state index in [2.05, 4.69) is 38.0 Å². The summed E-state index contributed by atoms with van der Waals surface area (Å²) >= 11 is 0. The lowest BCUT2D eigenvalue weighted by Gasteiger charge is -2.51. The third-order valence-electron chi connectivity index (χ3n) is 4.61. The van der Waals surface area contributed by atoms with Crippen LogP contribution in [-0.2, 0) is 20.2 Å². The van der Waals surface area contributed by atoms with E-state index in [0.717, 1.165) is 12.8 Å². The lowest BCUT2D eigenvalue weighted by Crippen LogP contribution is -2.58. The van der Waals surface area contributed by atoms with E-state index >= 15 is 0 Å². The molecule has 0 N–H and O–H groups in total. The van der Waals surface area contributed by atoms with E-state index in [1.165, 1.54) is 6.07 Å². The molecule has 3 heterocycles. The first-order valence-corrected chi connectivity index (χ1v) is 12.4. The normalized spacial score (nSPS) is 27.7. The van der Waals surface area contributed by atoms with Crippen molar-refractivity contribution in [2.45, 2.75) is 45.4 Å². The molecule has 3 saturated heterocycles. The molecule has 0 aromatic heterocycles. The van der Waals surface area contributed by atoms with Gasteiger partial charge in [-0.05, 0) is 18.6 Å². The summed E-state index contributed by atoms with van der Waals surface area (Å²) < 4.78 is 17.7. The number of ether oxygens (including phenoxy) is 3. The van der Waals surface area contributed by atoms with Crippen LogP contribution in [0.25, 0.3) is 0 Å². The molecule has 0 saturated carbocycles. The molecule has 7 heteroatoms. The summed E-state index contributed by atoms with van der Waals surface area (Å²) in [5, 5.41) is 11.5. The lowest BCUT2D eigenvalue weighted by molar-refractivity contribution is -0.480. The van der Waals surface area contributed by atoms with E-state index < -0.39 is 19.0 Å². The molecule has 6 nitrogen and oxygen atoms in total. The fraction of sp³-hybridized carbons (Fsp3) is 0.579. The predicted octanol–water partition coefficient (Wildman–Crippen LogP) is 3.80. The first-order chi connectivity index (χ1) is 12.2. The zero-order valence-electron chi connectivity index (χ0n) is 15.8. The quantitative estimate of drug-likeness (QED) is 0.346. The molecule has 0 radical (unpaired) electrons. The second kappa shape index (κ2) is 6.78. The van der Waals surface area contributed by atoms with Gasteiger partial charge in [0.2, 0.25) is 0 Å². The average Bonchev–Trinajstić information content (AvgIpc) is 2.61. The van der Waals surface area contributed by atoms with E-state index in [1.807, 2.05) is 0 Å². The molecular weight excluding hydrogens is 350 g/mol. The standard InChI is InChI=1S/C19H25NO5Si/c1-5-9-18-12-23-19(24-13-18,25-14-18)16-7-6-15(8-10-26(2,3)4)17(11-16)20(21)22/h6-7,11H,5,9,12-14H2,1-4H3. The topological polar surface area (TPSA) is 70.8 Å². The molecule has 0 unspecified atom stereocenters. The second-order valence-corrected chi connectivity index (χ2v) is 12.9. The fourth-order valence-corrected chi connectivity index (χ4v) is 3.73. The Morgan fingerprint density at radius 3 is 2.31 bits per heavy atom. The molecule has 3 fully saturated rings. The maximum absolute atomic E-state index is 11.5. The van der Waals surface area contributed by atoms with E-state index in [9.17, 15) is 10.1 Å². The van der Waals surface area contributed by atoms with Gasteiger partial charge in [-0.1, -0.05) is 38.9 Å². The van der Waals surface area contributed by atoms with Crippen LogP contribution in [0.3, 0.4) is 0 Å². The van der Waals surface area contributed by atoms with Gasteiger partial charge in [-0.2, -0.15) is 0 Å². The molecule has 0 aliphatic carbocycles. The Balaban J connectivity index is 1.92. The molecule has 1 aromatic carbocycles. The van der Waals surface area contributed by atoms with Crippen molar-refractivity contribution >= 4 is 13.8 Å². The van der Waals surface area contributed by atoms with Crippen LogP contribution in [-0.4, -0.2) is 32.8 Å². The number of rotatable bonds is 4. The molecular formula is C19H25NO5Si. The fourth-order valence-electron chi connectivity index (χ4n) is 3.22. The third-order valence-corrected chi connectivity index (χ3v) is 5.48. The summed E-state index contributed by atoms with van der Waals surface area (Å²) in [5.41, 5.74) is 3.93. The molecule has 140 valence electrons. The number of nitro benzene ring substituents is 1. The van der Waals surface area contributed by atoms with Gasteiger partial charge in [0.25, 0.3) is 5.69 Å². The lowest BCUT2D eigenvalue weighted by atomic mass is 9.83. The van der Waals surface area contributed by atoms with Gasteiger partial charge in [0, 0.05) is 17.0 Å². The van der Waals surface area contributed by atoms with Gasteiger partial charge in [0.05, 0.1) is 24.7 Å². The molecule has 3 aliphatic heterocycles. The summed E-state index contributed by atoms with van der Waals surface area (Å²) in [5.74, 6) is 1.63. The molecule has 3 aliphatic rings. The monoisotopic (exact) mass is 375 g/mol. The van der Waals surface area contributed by atoms with Crippen molar-refractivity contribution in [3.63, 3.8) is 0 Å². The van der Waals surface area contributed by atoms with Crippen LogP contribution in [0.4, 0.5) is 5.69 Å². The number of nitrogens with zero attached hydrogens (tertiary/aromatic N) is 1. The maximum Gasteiger partial charge on any atom is 0.312 e. The van der Waals surface area contributed by atoms with Crippen molar-refractivity contribution in [2.75, 3.05) is 19.8 Å². The van der Waals surface area contributed by atoms with Crippen LogP contribution >= 0.6 is 0 Å². The van der Waals surface area contributed by atoms with Gasteiger partial charge in [-0.15, -0.1) is 5.54 Å². The van der Waals surface area contributed by atoms with Gasteiger partial charge in [-0.3, -0.25) is 10.1 Å². The van der Waals surface area contributed by atoms with Crippen molar-refractivity contribution in [3.05, 3.63) is 39.4 Å². The summed E-state index contributed by atoms with van der Waals surface area (Å²) in [6, 6.07) is 4.87. The number of hydrogen-bond donors (Lipinski definition) is 0. The van der Waals surface area contributed by atoms with Crippen LogP contribution in [0.1, 0.15) is 30.9 Å². The maximum atomic E-state index is 11.5. The molecule has 1 aromatic rings. The van der Waals surface area contributed by atoms with Crippen LogP contribution in [0.5, 0.6) is 0 Å². The smallest absolute Gasteiger partial charge is 0.312 e. The highest BCUT2D eigenvalue weighted by molar-refractivity contribution is 6.83. The highest BCUT2D eigenvalue weighted by Crippen LogP contribution is 2.46. The highest BCUT2D eigenvalue weighted by Gasteiger charge is 2.53. The van der Waals surface area contributed by atoms with Gasteiger partial charge >= 0.3 is 5.97 Å². The molecule has 4 rings (SSSR count). The van der Waals surface area contributed by atoms with Crippen molar-refractivity contribution < 1.29 is 19.1 Å². The number of nitro groups is 1. The van der Waals surface area contributed by atoms with Crippen LogP contribution in [0.2, 0.25) is 19.6 Å². The van der Waals surface area contributed by atoms with Gasteiger partial charge in [-0.25, -0.2) is 0 Å². The Labute approximate surface area is 155 Å². The van der Waals surface area contributed by atoms with Crippen LogP contribution in [0, 0.1) is 27.0 Å². The van der Waals surface area contributed by atoms with Crippen molar-refractivity contribution in [2.24, 2.45) is 5.41 Å². The zero-order valence-corrected chi connectivity index (χ0v) is 16.8. The average molecular weight is 375 g/mol. The minimum absolute atomic E-state index is 0.0469. The highest BCUT2D eigenvalue weighted by atomic mass is 28.3. The van der Waals surface area contributed by atoms with Gasteiger partial charge in [0.1, 0.15) is 13.6 Å². The molecule has 2 bridgehead atoms. The minimum Gasteiger partial charge on any atom is -0.323 e. The number of benzene rings is 1. The summed E-state index contributed by atoms with van der Waals surface area (Å²) in [6.07, 6.45) is 1.99. The number of hydrogen-bond acceptors (Lipinski definition) is 5. The Hall–Kier alpha value is -1.72. The molecule has 26 heavy (non-hydrogen) atoms. The first kappa shape index (κ1) is 19.0. The molecule has 0 atom stereocenters. The Morgan fingerprint density at radius 1 is 1.19 bits per heavy atom. The van der Waals surface area contributed by atoms with Gasteiger partial charge in [0.15, 0.2) is 0 Å². The van der Waals surface area contributed by atoms with Crippen molar-refractivity contribution in [1.29, 1.82) is 0 Å². The van der Waals surface area contributed by atoms with E-state index in [-0.39, 0.29) is 11.1 Å². The largest absolute Gasteiger partial charge is 0.323 e.